The first-order valence-electron chi connectivity index (χ1n) is 8.45. The van der Waals surface area contributed by atoms with E-state index in [4.69, 9.17) is 9.47 Å². The fourth-order valence-electron chi connectivity index (χ4n) is 2.66. The van der Waals surface area contributed by atoms with E-state index in [1.54, 1.807) is 19.4 Å². The Morgan fingerprint density at radius 3 is 2.67 bits per heavy atom. The molecule has 6 heteroatoms. The Kier molecular flexibility index (Phi) is 6.28. The van der Waals surface area contributed by atoms with Crippen LogP contribution in [0.5, 0.6) is 11.5 Å². The van der Waals surface area contributed by atoms with E-state index in [1.807, 2.05) is 55.5 Å². The third kappa shape index (κ3) is 4.57. The van der Waals surface area contributed by atoms with Gasteiger partial charge in [0.15, 0.2) is 11.5 Å². The third-order valence-corrected chi connectivity index (χ3v) is 4.73. The number of halogens is 1. The largest absolute Gasteiger partial charge is 0.493 e. The smallest absolute Gasteiger partial charge is 0.271 e. The SMILES string of the molecule is CCOc1c(I)cc(/C=N\NC(=O)c2ccc3ccccc3c2)cc1OC. The van der Waals surface area contributed by atoms with Crippen molar-refractivity contribution < 1.29 is 14.3 Å². The van der Waals surface area contributed by atoms with E-state index in [-0.39, 0.29) is 5.91 Å². The number of ether oxygens (including phenoxy) is 2. The summed E-state index contributed by atoms with van der Waals surface area (Å²) in [6.45, 7) is 2.48. The Balaban J connectivity index is 1.74. The summed E-state index contributed by atoms with van der Waals surface area (Å²) < 4.78 is 11.9. The van der Waals surface area contributed by atoms with Crippen molar-refractivity contribution in [2.45, 2.75) is 6.92 Å². The standard InChI is InChI=1S/C21H19IN2O3/c1-3-27-20-18(22)10-14(11-19(20)26-2)13-23-24-21(25)17-9-8-15-6-4-5-7-16(15)12-17/h4-13H,3H2,1-2H3,(H,24,25)/b23-13-. The van der Waals surface area contributed by atoms with Crippen LogP contribution in [-0.4, -0.2) is 25.8 Å². The van der Waals surface area contributed by atoms with Gasteiger partial charge < -0.3 is 9.47 Å². The Bertz CT molecular complexity index is 1000. The van der Waals surface area contributed by atoms with Crippen molar-refractivity contribution in [3.8, 4) is 11.5 Å². The van der Waals surface area contributed by atoms with Gasteiger partial charge in [-0.05, 0) is 70.1 Å². The van der Waals surface area contributed by atoms with Gasteiger partial charge in [-0.3, -0.25) is 4.79 Å². The second-order valence-corrected chi connectivity index (χ2v) is 6.89. The van der Waals surface area contributed by atoms with Gasteiger partial charge in [-0.25, -0.2) is 5.43 Å². The summed E-state index contributed by atoms with van der Waals surface area (Å²) in [5.74, 6) is 1.08. The molecule has 138 valence electrons. The molecule has 1 amide bonds. The first-order chi connectivity index (χ1) is 13.1. The second-order valence-electron chi connectivity index (χ2n) is 5.73. The number of benzene rings is 3. The lowest BCUT2D eigenvalue weighted by Gasteiger charge is -2.12. The van der Waals surface area contributed by atoms with Crippen LogP contribution in [0.4, 0.5) is 0 Å². The Hall–Kier alpha value is -2.61. The van der Waals surface area contributed by atoms with Gasteiger partial charge in [-0.1, -0.05) is 30.3 Å². The number of hydrogen-bond donors (Lipinski definition) is 1. The number of methoxy groups -OCH3 is 1. The molecule has 27 heavy (non-hydrogen) atoms. The van der Waals surface area contributed by atoms with E-state index in [0.717, 1.165) is 19.9 Å². The maximum absolute atomic E-state index is 12.3. The molecular formula is C21H19IN2O3. The molecule has 0 aromatic heterocycles. The van der Waals surface area contributed by atoms with Crippen LogP contribution < -0.4 is 14.9 Å². The number of nitrogens with zero attached hydrogens (tertiary/aromatic N) is 1. The van der Waals surface area contributed by atoms with Gasteiger partial charge >= 0.3 is 0 Å². The lowest BCUT2D eigenvalue weighted by molar-refractivity contribution is 0.0955. The van der Waals surface area contributed by atoms with Crippen molar-refractivity contribution in [2.75, 3.05) is 13.7 Å². The summed E-state index contributed by atoms with van der Waals surface area (Å²) in [6, 6.07) is 17.2. The number of carbonyl (C=O) groups excluding carboxylic acids is 1. The van der Waals surface area contributed by atoms with Crippen molar-refractivity contribution >= 4 is 45.5 Å². The molecular weight excluding hydrogens is 455 g/mol. The normalized spacial score (nSPS) is 10.9. The van der Waals surface area contributed by atoms with Gasteiger partial charge in [-0.15, -0.1) is 0 Å². The highest BCUT2D eigenvalue weighted by molar-refractivity contribution is 14.1. The molecule has 3 aromatic rings. The van der Waals surface area contributed by atoms with Crippen LogP contribution in [0, 0.1) is 3.57 Å². The number of hydrazone groups is 1. The lowest BCUT2D eigenvalue weighted by Crippen LogP contribution is -2.17. The molecule has 0 fully saturated rings. The van der Waals surface area contributed by atoms with Gasteiger partial charge in [0.05, 0.1) is 23.5 Å². The lowest BCUT2D eigenvalue weighted by atomic mass is 10.1. The fourth-order valence-corrected chi connectivity index (χ4v) is 3.44. The van der Waals surface area contributed by atoms with Crippen LogP contribution in [0.1, 0.15) is 22.8 Å². The van der Waals surface area contributed by atoms with Gasteiger partial charge in [0.1, 0.15) is 0 Å². The van der Waals surface area contributed by atoms with E-state index in [0.29, 0.717) is 23.7 Å². The van der Waals surface area contributed by atoms with Crippen molar-refractivity contribution in [1.82, 2.24) is 5.43 Å². The van der Waals surface area contributed by atoms with Crippen LogP contribution in [-0.2, 0) is 0 Å². The molecule has 1 N–H and O–H groups in total. The quantitative estimate of drug-likeness (QED) is 0.323. The Morgan fingerprint density at radius 2 is 1.93 bits per heavy atom. The molecule has 0 atom stereocenters. The minimum absolute atomic E-state index is 0.260. The van der Waals surface area contributed by atoms with E-state index < -0.39 is 0 Å². The predicted octanol–water partition coefficient (Wildman–Crippen LogP) is 4.62. The Morgan fingerprint density at radius 1 is 1.15 bits per heavy atom. The van der Waals surface area contributed by atoms with E-state index in [2.05, 4.69) is 33.1 Å². The zero-order valence-electron chi connectivity index (χ0n) is 15.0. The summed E-state index contributed by atoms with van der Waals surface area (Å²) >= 11 is 2.19. The average Bonchev–Trinajstić information content (AvgIpc) is 2.69. The van der Waals surface area contributed by atoms with E-state index >= 15 is 0 Å². The highest BCUT2D eigenvalue weighted by atomic mass is 127. The summed E-state index contributed by atoms with van der Waals surface area (Å²) in [5.41, 5.74) is 3.93. The van der Waals surface area contributed by atoms with Crippen LogP contribution in [0.25, 0.3) is 10.8 Å². The van der Waals surface area contributed by atoms with Crippen LogP contribution in [0.3, 0.4) is 0 Å². The molecule has 0 heterocycles. The highest BCUT2D eigenvalue weighted by Gasteiger charge is 2.10. The zero-order valence-corrected chi connectivity index (χ0v) is 17.2. The third-order valence-electron chi connectivity index (χ3n) is 3.93. The average molecular weight is 474 g/mol. The van der Waals surface area contributed by atoms with E-state index in [9.17, 15) is 4.79 Å². The van der Waals surface area contributed by atoms with Gasteiger partial charge in [0.2, 0.25) is 0 Å². The molecule has 0 aliphatic rings. The molecule has 0 aliphatic carbocycles. The highest BCUT2D eigenvalue weighted by Crippen LogP contribution is 2.33. The number of amides is 1. The zero-order chi connectivity index (χ0) is 19.2. The van der Waals surface area contributed by atoms with Gasteiger partial charge in [0, 0.05) is 5.56 Å². The second kappa shape index (κ2) is 8.85. The first-order valence-corrected chi connectivity index (χ1v) is 9.52. The number of rotatable bonds is 6. The van der Waals surface area contributed by atoms with Crippen molar-refractivity contribution in [2.24, 2.45) is 5.10 Å². The summed E-state index contributed by atoms with van der Waals surface area (Å²) in [4.78, 5) is 12.3. The predicted molar refractivity (Wildman–Crippen MR) is 116 cm³/mol. The van der Waals surface area contributed by atoms with Crippen molar-refractivity contribution in [3.63, 3.8) is 0 Å². The summed E-state index contributed by atoms with van der Waals surface area (Å²) in [6.07, 6.45) is 1.58. The molecule has 3 aromatic carbocycles. The van der Waals surface area contributed by atoms with Crippen molar-refractivity contribution in [3.05, 3.63) is 69.3 Å². The maximum Gasteiger partial charge on any atom is 0.271 e. The van der Waals surface area contributed by atoms with Crippen molar-refractivity contribution in [1.29, 1.82) is 0 Å². The molecule has 0 saturated heterocycles. The minimum Gasteiger partial charge on any atom is -0.493 e. The molecule has 3 rings (SSSR count). The summed E-state index contributed by atoms with van der Waals surface area (Å²) in [7, 11) is 1.59. The number of carbonyl (C=O) groups is 1. The molecule has 0 radical (unpaired) electrons. The van der Waals surface area contributed by atoms with Crippen LogP contribution in [0.15, 0.2) is 59.7 Å². The minimum atomic E-state index is -0.260. The first kappa shape index (κ1) is 19.2. The number of fused-ring (bicyclic) bond motifs is 1. The van der Waals surface area contributed by atoms with Crippen LogP contribution in [0.2, 0.25) is 0 Å². The number of nitrogens with one attached hydrogen (secondary N) is 1. The van der Waals surface area contributed by atoms with Crippen LogP contribution >= 0.6 is 22.6 Å². The van der Waals surface area contributed by atoms with Gasteiger partial charge in [0.25, 0.3) is 5.91 Å². The van der Waals surface area contributed by atoms with E-state index in [1.165, 1.54) is 0 Å². The molecule has 0 spiro atoms. The topological polar surface area (TPSA) is 59.9 Å². The molecule has 0 unspecified atom stereocenters. The molecule has 0 aliphatic heterocycles. The van der Waals surface area contributed by atoms with Gasteiger partial charge in [-0.2, -0.15) is 5.10 Å². The molecule has 5 nitrogen and oxygen atoms in total. The molecule has 0 saturated carbocycles. The monoisotopic (exact) mass is 474 g/mol. The fraction of sp³-hybridized carbons (Fsp3) is 0.143. The molecule has 0 bridgehead atoms. The maximum atomic E-state index is 12.3. The Labute approximate surface area is 171 Å². The number of hydrogen-bond acceptors (Lipinski definition) is 4. The summed E-state index contributed by atoms with van der Waals surface area (Å²) in [5, 5.41) is 6.17.